The van der Waals surface area contributed by atoms with E-state index in [4.69, 9.17) is 4.74 Å². The summed E-state index contributed by atoms with van der Waals surface area (Å²) in [5.74, 6) is 0.184. The molecule has 0 bridgehead atoms. The topological polar surface area (TPSA) is 67.4 Å². The molecule has 1 aliphatic rings. The van der Waals surface area contributed by atoms with Crippen molar-refractivity contribution < 1.29 is 14.3 Å². The molecule has 4 rings (SSSR count). The van der Waals surface area contributed by atoms with Crippen LogP contribution in [0.25, 0.3) is 11.1 Å². The Bertz CT molecular complexity index is 1100. The molecule has 0 unspecified atom stereocenters. The highest BCUT2D eigenvalue weighted by Crippen LogP contribution is 2.39. The van der Waals surface area contributed by atoms with Crippen molar-refractivity contribution in [1.82, 2.24) is 0 Å². The number of rotatable bonds is 4. The number of carbonyl (C=O) groups is 2. The zero-order valence-electron chi connectivity index (χ0n) is 16.6. The highest BCUT2D eigenvalue weighted by Gasteiger charge is 2.38. The Hall–Kier alpha value is -3.60. The molecule has 29 heavy (non-hydrogen) atoms. The zero-order valence-corrected chi connectivity index (χ0v) is 16.6. The molecule has 1 aliphatic heterocycles. The molecule has 2 N–H and O–H groups in total. The van der Waals surface area contributed by atoms with Gasteiger partial charge in [-0.2, -0.15) is 0 Å². The van der Waals surface area contributed by atoms with Gasteiger partial charge in [0.15, 0.2) is 0 Å². The van der Waals surface area contributed by atoms with Gasteiger partial charge in [0.1, 0.15) is 5.75 Å². The van der Waals surface area contributed by atoms with E-state index in [0.29, 0.717) is 17.0 Å². The second-order valence-corrected chi connectivity index (χ2v) is 7.57. The Balaban J connectivity index is 1.66. The molecule has 3 aromatic rings. The van der Waals surface area contributed by atoms with Crippen molar-refractivity contribution in [2.75, 3.05) is 17.7 Å². The van der Waals surface area contributed by atoms with Crippen molar-refractivity contribution >= 4 is 23.2 Å². The number of nitrogens with one attached hydrogen (secondary N) is 2. The first-order valence-corrected chi connectivity index (χ1v) is 9.41. The number of hydrogen-bond donors (Lipinski definition) is 2. The van der Waals surface area contributed by atoms with Gasteiger partial charge in [-0.25, -0.2) is 0 Å². The summed E-state index contributed by atoms with van der Waals surface area (Å²) in [4.78, 5) is 25.2. The van der Waals surface area contributed by atoms with Crippen LogP contribution < -0.4 is 15.4 Å². The zero-order chi connectivity index (χ0) is 20.6. The van der Waals surface area contributed by atoms with Crippen molar-refractivity contribution in [2.45, 2.75) is 19.3 Å². The molecule has 0 fully saturated rings. The number of carbonyl (C=O) groups excluding carboxylic acids is 2. The van der Waals surface area contributed by atoms with E-state index in [9.17, 15) is 9.59 Å². The van der Waals surface area contributed by atoms with E-state index >= 15 is 0 Å². The van der Waals surface area contributed by atoms with Gasteiger partial charge in [0.25, 0.3) is 5.91 Å². The summed E-state index contributed by atoms with van der Waals surface area (Å²) in [7, 11) is 1.55. The smallest absolute Gasteiger partial charge is 0.259 e. The van der Waals surface area contributed by atoms with Gasteiger partial charge in [0.05, 0.1) is 18.1 Å². The Kier molecular flexibility index (Phi) is 4.59. The molecule has 3 aromatic carbocycles. The monoisotopic (exact) mass is 386 g/mol. The lowest BCUT2D eigenvalue weighted by atomic mass is 9.86. The van der Waals surface area contributed by atoms with Crippen LogP contribution in [0, 0.1) is 0 Å². The first-order valence-electron chi connectivity index (χ1n) is 9.41. The summed E-state index contributed by atoms with van der Waals surface area (Å²) in [6.45, 7) is 3.73. The van der Waals surface area contributed by atoms with Crippen LogP contribution in [0.4, 0.5) is 11.4 Å². The van der Waals surface area contributed by atoms with Crippen LogP contribution in [0.5, 0.6) is 5.75 Å². The number of benzene rings is 3. The maximum Gasteiger partial charge on any atom is 0.259 e. The minimum atomic E-state index is -0.638. The summed E-state index contributed by atoms with van der Waals surface area (Å²) in [6, 6.07) is 20.9. The van der Waals surface area contributed by atoms with Crippen LogP contribution in [-0.4, -0.2) is 18.9 Å². The summed E-state index contributed by atoms with van der Waals surface area (Å²) >= 11 is 0. The molecule has 146 valence electrons. The maximum atomic E-state index is 13.0. The van der Waals surface area contributed by atoms with Crippen LogP contribution in [0.2, 0.25) is 0 Å². The number of methoxy groups -OCH3 is 1. The fourth-order valence-electron chi connectivity index (χ4n) is 3.54. The number of hydrogen-bond acceptors (Lipinski definition) is 3. The molecule has 0 aromatic heterocycles. The van der Waals surface area contributed by atoms with Crippen molar-refractivity contribution in [3.05, 3.63) is 77.9 Å². The SMILES string of the molecule is COc1ccc(-c2ccccc2)cc1C(=O)Nc1ccc2c(c1)C(C)(C)C(=O)N2. The van der Waals surface area contributed by atoms with E-state index in [1.54, 1.807) is 19.2 Å². The molecule has 2 amide bonds. The average molecular weight is 386 g/mol. The van der Waals surface area contributed by atoms with E-state index in [1.165, 1.54) is 0 Å². The third kappa shape index (κ3) is 3.36. The van der Waals surface area contributed by atoms with Crippen molar-refractivity contribution in [3.8, 4) is 16.9 Å². The van der Waals surface area contributed by atoms with Crippen LogP contribution in [0.1, 0.15) is 29.8 Å². The fraction of sp³-hybridized carbons (Fsp3) is 0.167. The quantitative estimate of drug-likeness (QED) is 0.674. The Labute approximate surface area is 169 Å². The van der Waals surface area contributed by atoms with Gasteiger partial charge in [-0.1, -0.05) is 36.4 Å². The van der Waals surface area contributed by atoms with Gasteiger partial charge < -0.3 is 15.4 Å². The summed E-state index contributed by atoms with van der Waals surface area (Å²) < 4.78 is 5.40. The molecule has 5 nitrogen and oxygen atoms in total. The van der Waals surface area contributed by atoms with Gasteiger partial charge in [0, 0.05) is 11.4 Å². The number of anilines is 2. The van der Waals surface area contributed by atoms with Gasteiger partial charge in [-0.15, -0.1) is 0 Å². The lowest BCUT2D eigenvalue weighted by Gasteiger charge is -2.16. The predicted octanol–water partition coefficient (Wildman–Crippen LogP) is 4.84. The Morgan fingerprint density at radius 1 is 0.966 bits per heavy atom. The number of ether oxygens (including phenoxy) is 1. The normalized spacial score (nSPS) is 14.1. The van der Waals surface area contributed by atoms with E-state index in [1.807, 2.05) is 68.4 Å². The van der Waals surface area contributed by atoms with Gasteiger partial charge in [-0.3, -0.25) is 9.59 Å². The molecule has 5 heteroatoms. The molecule has 0 radical (unpaired) electrons. The molecular formula is C24H22N2O3. The fourth-order valence-corrected chi connectivity index (χ4v) is 3.54. The van der Waals surface area contributed by atoms with Crippen molar-refractivity contribution in [1.29, 1.82) is 0 Å². The number of fused-ring (bicyclic) bond motifs is 1. The van der Waals surface area contributed by atoms with Crippen molar-refractivity contribution in [3.63, 3.8) is 0 Å². The van der Waals surface area contributed by atoms with Gasteiger partial charge in [0.2, 0.25) is 5.91 Å². The molecule has 0 atom stereocenters. The largest absolute Gasteiger partial charge is 0.496 e. The second kappa shape index (κ2) is 7.09. The van der Waals surface area contributed by atoms with Crippen LogP contribution in [0.3, 0.4) is 0 Å². The van der Waals surface area contributed by atoms with E-state index in [0.717, 1.165) is 22.4 Å². The molecular weight excluding hydrogens is 364 g/mol. The van der Waals surface area contributed by atoms with Crippen LogP contribution >= 0.6 is 0 Å². The third-order valence-corrected chi connectivity index (χ3v) is 5.32. The lowest BCUT2D eigenvalue weighted by molar-refractivity contribution is -0.119. The van der Waals surface area contributed by atoms with Gasteiger partial charge in [-0.05, 0) is 60.9 Å². The molecule has 0 saturated heterocycles. The first kappa shape index (κ1) is 18.7. The standard InChI is InChI=1S/C24H22N2O3/c1-24(2)19-14-17(10-11-20(19)26-23(24)28)25-22(27)18-13-16(9-12-21(18)29-3)15-7-5-4-6-8-15/h4-14H,1-3H3,(H,25,27)(H,26,28). The lowest BCUT2D eigenvalue weighted by Crippen LogP contribution is -2.26. The average Bonchev–Trinajstić information content (AvgIpc) is 2.96. The minimum Gasteiger partial charge on any atom is -0.496 e. The van der Waals surface area contributed by atoms with Crippen molar-refractivity contribution in [2.24, 2.45) is 0 Å². The first-order chi connectivity index (χ1) is 13.9. The van der Waals surface area contributed by atoms with E-state index in [-0.39, 0.29) is 11.8 Å². The van der Waals surface area contributed by atoms with Crippen LogP contribution in [0.15, 0.2) is 66.7 Å². The second-order valence-electron chi connectivity index (χ2n) is 7.57. The molecule has 0 saturated carbocycles. The maximum absolute atomic E-state index is 13.0. The van der Waals surface area contributed by atoms with E-state index < -0.39 is 5.41 Å². The Morgan fingerprint density at radius 2 is 1.72 bits per heavy atom. The minimum absolute atomic E-state index is 0.0480. The van der Waals surface area contributed by atoms with Crippen LogP contribution in [-0.2, 0) is 10.2 Å². The summed E-state index contributed by atoms with van der Waals surface area (Å²) in [5, 5.41) is 5.81. The number of amides is 2. The third-order valence-electron chi connectivity index (χ3n) is 5.32. The highest BCUT2D eigenvalue weighted by atomic mass is 16.5. The molecule has 1 heterocycles. The summed E-state index contributed by atoms with van der Waals surface area (Å²) in [6.07, 6.45) is 0. The molecule has 0 spiro atoms. The summed E-state index contributed by atoms with van der Waals surface area (Å²) in [5.41, 5.74) is 4.04. The molecule has 0 aliphatic carbocycles. The predicted molar refractivity (Wildman–Crippen MR) is 114 cm³/mol. The highest BCUT2D eigenvalue weighted by molar-refractivity contribution is 6.09. The van der Waals surface area contributed by atoms with Gasteiger partial charge >= 0.3 is 0 Å². The van der Waals surface area contributed by atoms with E-state index in [2.05, 4.69) is 10.6 Å². The Morgan fingerprint density at radius 3 is 2.45 bits per heavy atom.